The van der Waals surface area contributed by atoms with E-state index in [1.54, 1.807) is 0 Å². The highest BCUT2D eigenvalue weighted by Crippen LogP contribution is 2.46. The molecule has 3 atom stereocenters. The van der Waals surface area contributed by atoms with Gasteiger partial charge in [0.15, 0.2) is 0 Å². The lowest BCUT2D eigenvalue weighted by Gasteiger charge is -2.43. The highest BCUT2D eigenvalue weighted by atomic mass is 16.3. The molecular formula is C13H26O. The van der Waals surface area contributed by atoms with Crippen LogP contribution < -0.4 is 0 Å². The van der Waals surface area contributed by atoms with Crippen molar-refractivity contribution in [3.63, 3.8) is 0 Å². The van der Waals surface area contributed by atoms with Gasteiger partial charge in [-0.1, -0.05) is 33.6 Å². The van der Waals surface area contributed by atoms with Gasteiger partial charge >= 0.3 is 0 Å². The third-order valence-corrected chi connectivity index (χ3v) is 4.07. The molecule has 0 aliphatic heterocycles. The lowest BCUT2D eigenvalue weighted by Crippen LogP contribution is -2.34. The zero-order valence-corrected chi connectivity index (χ0v) is 10.2. The van der Waals surface area contributed by atoms with Gasteiger partial charge in [0, 0.05) is 0 Å². The summed E-state index contributed by atoms with van der Waals surface area (Å²) in [6.45, 7) is 9.08. The van der Waals surface area contributed by atoms with Gasteiger partial charge in [-0.3, -0.25) is 0 Å². The van der Waals surface area contributed by atoms with E-state index >= 15 is 0 Å². The zero-order valence-electron chi connectivity index (χ0n) is 10.2. The molecular weight excluding hydrogens is 172 g/mol. The molecule has 0 radical (unpaired) electrons. The van der Waals surface area contributed by atoms with Crippen LogP contribution >= 0.6 is 0 Å². The summed E-state index contributed by atoms with van der Waals surface area (Å²) in [6.07, 6.45) is 6.18. The Kier molecular flexibility index (Phi) is 4.00. The third-order valence-electron chi connectivity index (χ3n) is 4.07. The summed E-state index contributed by atoms with van der Waals surface area (Å²) in [4.78, 5) is 0. The number of hydrogen-bond donors (Lipinski definition) is 1. The second kappa shape index (κ2) is 4.65. The minimum absolute atomic E-state index is 0.125. The van der Waals surface area contributed by atoms with Gasteiger partial charge in [0.05, 0.1) is 6.10 Å². The molecule has 1 saturated carbocycles. The summed E-state index contributed by atoms with van der Waals surface area (Å²) in [5.74, 6) is 1.66. The Morgan fingerprint density at radius 2 is 2.07 bits per heavy atom. The Balaban J connectivity index is 2.52. The van der Waals surface area contributed by atoms with Crippen molar-refractivity contribution >= 4 is 0 Å². The molecule has 0 aromatic rings. The van der Waals surface area contributed by atoms with E-state index in [0.29, 0.717) is 5.41 Å². The summed E-state index contributed by atoms with van der Waals surface area (Å²) in [5, 5.41) is 9.34. The molecule has 0 spiro atoms. The van der Waals surface area contributed by atoms with Gasteiger partial charge in [-0.15, -0.1) is 0 Å². The van der Waals surface area contributed by atoms with Gasteiger partial charge in [-0.25, -0.2) is 0 Å². The van der Waals surface area contributed by atoms with Gasteiger partial charge < -0.3 is 5.11 Å². The molecule has 0 bridgehead atoms. The van der Waals surface area contributed by atoms with Crippen LogP contribution in [0.1, 0.15) is 59.8 Å². The van der Waals surface area contributed by atoms with Crippen LogP contribution in [0.5, 0.6) is 0 Å². The molecule has 0 saturated heterocycles. The maximum Gasteiger partial charge on any atom is 0.0512 e. The fourth-order valence-electron chi connectivity index (χ4n) is 3.13. The largest absolute Gasteiger partial charge is 0.393 e. The van der Waals surface area contributed by atoms with Crippen molar-refractivity contribution in [2.24, 2.45) is 17.3 Å². The van der Waals surface area contributed by atoms with Crippen LogP contribution in [-0.2, 0) is 0 Å². The summed E-state index contributed by atoms with van der Waals surface area (Å²) < 4.78 is 0. The van der Waals surface area contributed by atoms with E-state index in [0.717, 1.165) is 18.3 Å². The Morgan fingerprint density at radius 3 is 2.57 bits per heavy atom. The van der Waals surface area contributed by atoms with Crippen LogP contribution in [-0.4, -0.2) is 11.2 Å². The zero-order chi connectivity index (χ0) is 10.8. The fraction of sp³-hybridized carbons (Fsp3) is 1.00. The Morgan fingerprint density at radius 1 is 1.43 bits per heavy atom. The van der Waals surface area contributed by atoms with Crippen LogP contribution in [0, 0.1) is 17.3 Å². The van der Waals surface area contributed by atoms with E-state index in [4.69, 9.17) is 0 Å². The smallest absolute Gasteiger partial charge is 0.0512 e. The summed E-state index contributed by atoms with van der Waals surface area (Å²) in [5.41, 5.74) is 0.493. The van der Waals surface area contributed by atoms with E-state index < -0.39 is 0 Å². The average Bonchev–Trinajstić information content (AvgIpc) is 2.01. The summed E-state index contributed by atoms with van der Waals surface area (Å²) >= 11 is 0. The molecule has 0 heterocycles. The first-order valence-electron chi connectivity index (χ1n) is 6.11. The standard InChI is InChI=1S/C13H26O/c1-10-6-5-9-13(3,4)12(10)8-7-11(2)14/h10-12,14H,5-9H2,1-4H3/t10-,11-,12+/m0/s1. The second-order valence-electron chi connectivity index (χ2n) is 5.89. The van der Waals surface area contributed by atoms with Gasteiger partial charge in [-0.05, 0) is 43.4 Å². The quantitative estimate of drug-likeness (QED) is 0.734. The topological polar surface area (TPSA) is 20.2 Å². The predicted octanol–water partition coefficient (Wildman–Crippen LogP) is 3.61. The van der Waals surface area contributed by atoms with Crippen molar-refractivity contribution in [2.45, 2.75) is 65.9 Å². The normalized spacial score (nSPS) is 34.1. The molecule has 0 unspecified atom stereocenters. The molecule has 14 heavy (non-hydrogen) atoms. The van der Waals surface area contributed by atoms with Crippen molar-refractivity contribution in [2.75, 3.05) is 0 Å². The molecule has 84 valence electrons. The molecule has 1 aliphatic carbocycles. The average molecular weight is 198 g/mol. The first kappa shape index (κ1) is 12.0. The molecule has 1 aliphatic rings. The predicted molar refractivity (Wildman–Crippen MR) is 61.2 cm³/mol. The SMILES string of the molecule is C[C@H](O)CC[C@@H]1[C@@H](C)CCCC1(C)C. The van der Waals surface area contributed by atoms with Crippen molar-refractivity contribution in [3.8, 4) is 0 Å². The molecule has 1 heteroatoms. The van der Waals surface area contributed by atoms with Gasteiger partial charge in [0.25, 0.3) is 0 Å². The first-order chi connectivity index (χ1) is 6.43. The highest BCUT2D eigenvalue weighted by molar-refractivity contribution is 4.86. The second-order valence-corrected chi connectivity index (χ2v) is 5.89. The maximum atomic E-state index is 9.34. The number of hydrogen-bond acceptors (Lipinski definition) is 1. The summed E-state index contributed by atoms with van der Waals surface area (Å²) in [7, 11) is 0. The van der Waals surface area contributed by atoms with Crippen molar-refractivity contribution in [1.82, 2.24) is 0 Å². The van der Waals surface area contributed by atoms with Crippen LogP contribution in [0.3, 0.4) is 0 Å². The molecule has 1 nitrogen and oxygen atoms in total. The fourth-order valence-corrected chi connectivity index (χ4v) is 3.13. The molecule has 1 fully saturated rings. The monoisotopic (exact) mass is 198 g/mol. The molecule has 1 rings (SSSR count). The van der Waals surface area contributed by atoms with Gasteiger partial charge in [0.1, 0.15) is 0 Å². The van der Waals surface area contributed by atoms with Crippen molar-refractivity contribution in [1.29, 1.82) is 0 Å². The molecule has 0 amide bonds. The Bertz CT molecular complexity index is 172. The lowest BCUT2D eigenvalue weighted by molar-refractivity contribution is 0.0606. The third kappa shape index (κ3) is 2.98. The molecule has 1 N–H and O–H groups in total. The van der Waals surface area contributed by atoms with Crippen LogP contribution in [0.2, 0.25) is 0 Å². The van der Waals surface area contributed by atoms with E-state index in [1.807, 2.05) is 6.92 Å². The number of aliphatic hydroxyl groups is 1. The van der Waals surface area contributed by atoms with E-state index in [-0.39, 0.29) is 6.10 Å². The molecule has 0 aromatic heterocycles. The minimum Gasteiger partial charge on any atom is -0.393 e. The van der Waals surface area contributed by atoms with E-state index in [9.17, 15) is 5.11 Å². The van der Waals surface area contributed by atoms with Crippen LogP contribution in [0.4, 0.5) is 0 Å². The lowest BCUT2D eigenvalue weighted by atomic mass is 9.62. The Hall–Kier alpha value is -0.0400. The number of rotatable bonds is 3. The van der Waals surface area contributed by atoms with Gasteiger partial charge in [-0.2, -0.15) is 0 Å². The van der Waals surface area contributed by atoms with Crippen molar-refractivity contribution in [3.05, 3.63) is 0 Å². The summed E-state index contributed by atoms with van der Waals surface area (Å²) in [6, 6.07) is 0. The van der Waals surface area contributed by atoms with E-state index in [1.165, 1.54) is 25.7 Å². The highest BCUT2D eigenvalue weighted by Gasteiger charge is 2.36. The first-order valence-corrected chi connectivity index (χ1v) is 6.11. The van der Waals surface area contributed by atoms with Crippen LogP contribution in [0.15, 0.2) is 0 Å². The van der Waals surface area contributed by atoms with Crippen molar-refractivity contribution < 1.29 is 5.11 Å². The maximum absolute atomic E-state index is 9.34. The van der Waals surface area contributed by atoms with E-state index in [2.05, 4.69) is 20.8 Å². The van der Waals surface area contributed by atoms with Gasteiger partial charge in [0.2, 0.25) is 0 Å². The number of aliphatic hydroxyl groups excluding tert-OH is 1. The Labute approximate surface area is 88.9 Å². The van der Waals surface area contributed by atoms with Crippen LogP contribution in [0.25, 0.3) is 0 Å². The molecule has 0 aromatic carbocycles. The minimum atomic E-state index is -0.125.